The van der Waals surface area contributed by atoms with E-state index in [2.05, 4.69) is 4.52 Å². The van der Waals surface area contributed by atoms with E-state index in [-0.39, 0.29) is 0 Å². The fraction of sp³-hybridized carbons (Fsp3) is 0.750. The van der Waals surface area contributed by atoms with Gasteiger partial charge in [0.25, 0.3) is 0 Å². The van der Waals surface area contributed by atoms with Crippen molar-refractivity contribution in [1.29, 1.82) is 5.26 Å². The average Bonchev–Trinajstić information content (AvgIpc) is 1.89. The highest BCUT2D eigenvalue weighted by Crippen LogP contribution is 2.21. The molecule has 0 heterocycles. The molecule has 0 fully saturated rings. The minimum Gasteiger partial charge on any atom is -0.335 e. The largest absolute Gasteiger partial charge is 0.335 e. The van der Waals surface area contributed by atoms with Gasteiger partial charge in [-0.25, -0.2) is 0 Å². The van der Waals surface area contributed by atoms with Crippen molar-refractivity contribution in [3.8, 4) is 6.07 Å². The van der Waals surface area contributed by atoms with Gasteiger partial charge in [-0.15, -0.1) is 0 Å². The van der Waals surface area contributed by atoms with E-state index in [1.54, 1.807) is 0 Å². The summed E-state index contributed by atoms with van der Waals surface area (Å²) in [6.07, 6.45) is 0.383. The van der Waals surface area contributed by atoms with Gasteiger partial charge in [0.05, 0.1) is 19.1 Å². The molecular formula is C4H8NO2PS. The number of nitriles is 1. The Kier molecular flexibility index (Phi) is 6.23. The maximum Gasteiger partial charge on any atom is 0.175 e. The lowest BCUT2D eigenvalue weighted by atomic mass is 10.5. The molecule has 0 spiro atoms. The Bertz CT molecular complexity index is 133. The average molecular weight is 165 g/mol. The van der Waals surface area contributed by atoms with Crippen LogP contribution in [0, 0.1) is 11.3 Å². The van der Waals surface area contributed by atoms with Crippen LogP contribution in [0.2, 0.25) is 0 Å². The third kappa shape index (κ3) is 5.94. The maximum atomic E-state index is 8.06. The lowest BCUT2D eigenvalue weighted by molar-refractivity contribution is 0.306. The Morgan fingerprint density at radius 3 is 2.89 bits per heavy atom. The first kappa shape index (κ1) is 9.06. The fourth-order valence-electron chi connectivity index (χ4n) is 0.239. The predicted octanol–water partition coefficient (Wildman–Crippen LogP) is 1.07. The van der Waals surface area contributed by atoms with Gasteiger partial charge in [-0.05, 0) is 11.8 Å². The summed E-state index contributed by atoms with van der Waals surface area (Å²) in [6, 6.07) is 1.94. The molecule has 5 heteroatoms. The molecule has 0 bridgehead atoms. The maximum absolute atomic E-state index is 8.06. The molecule has 1 unspecified atom stereocenters. The van der Waals surface area contributed by atoms with Crippen molar-refractivity contribution in [3.05, 3.63) is 0 Å². The SMILES string of the molecule is CO[PH](=S)OCCC#N. The van der Waals surface area contributed by atoms with Crippen LogP contribution in [0.5, 0.6) is 0 Å². The van der Waals surface area contributed by atoms with E-state index in [1.165, 1.54) is 7.11 Å². The molecule has 0 rings (SSSR count). The molecule has 0 aliphatic heterocycles. The minimum atomic E-state index is -1.47. The first-order valence-corrected chi connectivity index (χ1v) is 4.84. The first-order chi connectivity index (χ1) is 4.31. The lowest BCUT2D eigenvalue weighted by Gasteiger charge is -1.99. The molecule has 52 valence electrons. The number of rotatable bonds is 4. The van der Waals surface area contributed by atoms with Crippen LogP contribution in [0.25, 0.3) is 0 Å². The van der Waals surface area contributed by atoms with Crippen LogP contribution in [0.3, 0.4) is 0 Å². The summed E-state index contributed by atoms with van der Waals surface area (Å²) in [5.74, 6) is 0. The van der Waals surface area contributed by atoms with Gasteiger partial charge in [0.15, 0.2) is 7.15 Å². The Morgan fingerprint density at radius 1 is 1.78 bits per heavy atom. The Balaban J connectivity index is 3.09. The van der Waals surface area contributed by atoms with Gasteiger partial charge in [0, 0.05) is 7.11 Å². The molecule has 0 amide bonds. The third-order valence-electron chi connectivity index (χ3n) is 0.600. The molecule has 0 aromatic rings. The third-order valence-corrected chi connectivity index (χ3v) is 2.23. The Labute approximate surface area is 60.2 Å². The van der Waals surface area contributed by atoms with Gasteiger partial charge >= 0.3 is 0 Å². The predicted molar refractivity (Wildman–Crippen MR) is 38.9 cm³/mol. The molecule has 0 aromatic heterocycles. The first-order valence-electron chi connectivity index (χ1n) is 2.39. The zero-order valence-electron chi connectivity index (χ0n) is 5.09. The van der Waals surface area contributed by atoms with Crippen molar-refractivity contribution < 1.29 is 9.05 Å². The molecular weight excluding hydrogens is 157 g/mol. The summed E-state index contributed by atoms with van der Waals surface area (Å²) in [5, 5.41) is 8.06. The smallest absolute Gasteiger partial charge is 0.175 e. The summed E-state index contributed by atoms with van der Waals surface area (Å²) in [7, 11) is 0.0384. The molecule has 0 saturated heterocycles. The molecule has 3 nitrogen and oxygen atoms in total. The zero-order valence-corrected chi connectivity index (χ0v) is 6.90. The minimum absolute atomic E-state index is 0.383. The van der Waals surface area contributed by atoms with Gasteiger partial charge in [-0.1, -0.05) is 0 Å². The summed E-state index contributed by atoms with van der Waals surface area (Å²) in [6.45, 7) is 0.391. The molecule has 0 aliphatic carbocycles. The summed E-state index contributed by atoms with van der Waals surface area (Å²) >= 11 is 4.70. The van der Waals surface area contributed by atoms with E-state index in [0.717, 1.165) is 0 Å². The quantitative estimate of drug-likeness (QED) is 0.461. The molecule has 0 aliphatic rings. The van der Waals surface area contributed by atoms with Crippen molar-refractivity contribution in [2.75, 3.05) is 13.7 Å². The van der Waals surface area contributed by atoms with Crippen molar-refractivity contribution >= 4 is 19.0 Å². The zero-order chi connectivity index (χ0) is 7.11. The number of hydrogen-bond donors (Lipinski definition) is 0. The highest BCUT2D eigenvalue weighted by atomic mass is 32.4. The van der Waals surface area contributed by atoms with Gasteiger partial charge in [-0.3, -0.25) is 0 Å². The standard InChI is InChI=1S/C4H8NO2PS/c1-6-8(9)7-4-2-3-5/h8H,2,4H2,1H3. The second kappa shape index (κ2) is 6.18. The van der Waals surface area contributed by atoms with Crippen molar-refractivity contribution in [3.63, 3.8) is 0 Å². The van der Waals surface area contributed by atoms with Gasteiger partial charge in [0.1, 0.15) is 0 Å². The van der Waals surface area contributed by atoms with E-state index in [4.69, 9.17) is 21.6 Å². The monoisotopic (exact) mass is 165 g/mol. The van der Waals surface area contributed by atoms with Gasteiger partial charge in [-0.2, -0.15) is 5.26 Å². The van der Waals surface area contributed by atoms with E-state index < -0.39 is 7.15 Å². The van der Waals surface area contributed by atoms with Crippen LogP contribution in [-0.4, -0.2) is 13.7 Å². The topological polar surface area (TPSA) is 42.2 Å². The van der Waals surface area contributed by atoms with Crippen LogP contribution in [0.4, 0.5) is 0 Å². The van der Waals surface area contributed by atoms with Crippen LogP contribution in [0.1, 0.15) is 6.42 Å². The normalized spacial score (nSPS) is 12.4. The molecule has 1 atom stereocenters. The van der Waals surface area contributed by atoms with Crippen molar-refractivity contribution in [2.24, 2.45) is 0 Å². The highest BCUT2D eigenvalue weighted by molar-refractivity contribution is 8.00. The number of nitrogens with zero attached hydrogens (tertiary/aromatic N) is 1. The van der Waals surface area contributed by atoms with E-state index in [0.29, 0.717) is 13.0 Å². The van der Waals surface area contributed by atoms with E-state index >= 15 is 0 Å². The highest BCUT2D eigenvalue weighted by Gasteiger charge is 1.88. The van der Waals surface area contributed by atoms with Gasteiger partial charge < -0.3 is 9.05 Å². The van der Waals surface area contributed by atoms with Crippen molar-refractivity contribution in [2.45, 2.75) is 6.42 Å². The second-order valence-corrected chi connectivity index (χ2v) is 3.41. The lowest BCUT2D eigenvalue weighted by Crippen LogP contribution is -1.83. The fourth-order valence-corrected chi connectivity index (χ4v) is 0.876. The molecule has 9 heavy (non-hydrogen) atoms. The van der Waals surface area contributed by atoms with Crippen LogP contribution < -0.4 is 0 Å². The van der Waals surface area contributed by atoms with Gasteiger partial charge in [0.2, 0.25) is 0 Å². The second-order valence-electron chi connectivity index (χ2n) is 1.21. The summed E-state index contributed by atoms with van der Waals surface area (Å²) < 4.78 is 9.59. The van der Waals surface area contributed by atoms with Crippen LogP contribution >= 0.6 is 7.15 Å². The summed E-state index contributed by atoms with van der Waals surface area (Å²) in [4.78, 5) is 0. The number of hydrogen-bond acceptors (Lipinski definition) is 4. The van der Waals surface area contributed by atoms with Crippen LogP contribution in [0.15, 0.2) is 0 Å². The summed E-state index contributed by atoms with van der Waals surface area (Å²) in [5.41, 5.74) is 0. The molecule has 0 aromatic carbocycles. The Morgan fingerprint density at radius 2 is 2.44 bits per heavy atom. The molecule has 0 saturated carbocycles. The van der Waals surface area contributed by atoms with Crippen LogP contribution in [-0.2, 0) is 20.9 Å². The molecule has 0 N–H and O–H groups in total. The van der Waals surface area contributed by atoms with Crippen molar-refractivity contribution in [1.82, 2.24) is 0 Å². The molecule has 0 radical (unpaired) electrons. The van der Waals surface area contributed by atoms with E-state index in [1.807, 2.05) is 6.07 Å². The Hall–Kier alpha value is 0.0600. The van der Waals surface area contributed by atoms with E-state index in [9.17, 15) is 0 Å².